The number of rotatable bonds is 7. The highest BCUT2D eigenvalue weighted by molar-refractivity contribution is 8.27. The van der Waals surface area contributed by atoms with Gasteiger partial charge in [0.25, 0.3) is 11.8 Å². The molecule has 2 amide bonds. The Labute approximate surface area is 228 Å². The summed E-state index contributed by atoms with van der Waals surface area (Å²) >= 11 is 18.6. The molecule has 0 unspecified atom stereocenters. The molecule has 0 aliphatic carbocycles. The van der Waals surface area contributed by atoms with Crippen LogP contribution in [0.4, 0.5) is 11.4 Å². The lowest BCUT2D eigenvalue weighted by atomic mass is 10.1. The number of hydrogen-bond donors (Lipinski definition) is 1. The summed E-state index contributed by atoms with van der Waals surface area (Å²) in [6.45, 7) is 1.73. The van der Waals surface area contributed by atoms with Gasteiger partial charge in [-0.2, -0.15) is 0 Å². The smallest absolute Gasteiger partial charge is 0.270 e. The Kier molecular flexibility index (Phi) is 8.21. The zero-order valence-corrected chi connectivity index (χ0v) is 22.4. The SMILES string of the molecule is COc1cc(/C=C2\SC(=S)N(c3ccc(C)cc3)C2=O)ccc1OCC(=O)Nc1cc(Cl)cc(Cl)c1. The average Bonchev–Trinajstić information content (AvgIpc) is 3.10. The second-order valence-electron chi connectivity index (χ2n) is 7.76. The van der Waals surface area contributed by atoms with Gasteiger partial charge in [0.2, 0.25) is 0 Å². The highest BCUT2D eigenvalue weighted by Gasteiger charge is 2.33. The van der Waals surface area contributed by atoms with Crippen LogP contribution >= 0.6 is 47.2 Å². The van der Waals surface area contributed by atoms with Gasteiger partial charge >= 0.3 is 0 Å². The molecule has 1 saturated heterocycles. The summed E-state index contributed by atoms with van der Waals surface area (Å²) < 4.78 is 11.5. The minimum Gasteiger partial charge on any atom is -0.493 e. The molecule has 0 radical (unpaired) electrons. The first-order valence-electron chi connectivity index (χ1n) is 10.6. The number of ether oxygens (including phenoxy) is 2. The topological polar surface area (TPSA) is 67.9 Å². The number of thioether (sulfide) groups is 1. The van der Waals surface area contributed by atoms with Gasteiger partial charge in [-0.05, 0) is 61.0 Å². The normalized spacial score (nSPS) is 14.3. The van der Waals surface area contributed by atoms with Crippen molar-refractivity contribution in [1.82, 2.24) is 0 Å². The van der Waals surface area contributed by atoms with Gasteiger partial charge in [-0.3, -0.25) is 14.5 Å². The molecule has 184 valence electrons. The molecule has 0 saturated carbocycles. The van der Waals surface area contributed by atoms with Gasteiger partial charge in [-0.15, -0.1) is 0 Å². The second-order valence-corrected chi connectivity index (χ2v) is 10.3. The number of nitrogens with zero attached hydrogens (tertiary/aromatic N) is 1. The number of carbonyl (C=O) groups is 2. The van der Waals surface area contributed by atoms with E-state index in [1.54, 1.807) is 42.5 Å². The Hall–Kier alpha value is -3.04. The van der Waals surface area contributed by atoms with Crippen molar-refractivity contribution in [2.24, 2.45) is 0 Å². The van der Waals surface area contributed by atoms with E-state index in [0.717, 1.165) is 16.8 Å². The molecule has 0 atom stereocenters. The number of aryl methyl sites for hydroxylation is 1. The fraction of sp³-hybridized carbons (Fsp3) is 0.115. The fourth-order valence-electron chi connectivity index (χ4n) is 3.40. The van der Waals surface area contributed by atoms with Crippen LogP contribution in [0.1, 0.15) is 11.1 Å². The van der Waals surface area contributed by atoms with E-state index in [1.165, 1.54) is 23.8 Å². The molecule has 1 heterocycles. The molecule has 6 nitrogen and oxygen atoms in total. The highest BCUT2D eigenvalue weighted by Crippen LogP contribution is 2.37. The Morgan fingerprint density at radius 3 is 2.42 bits per heavy atom. The zero-order valence-electron chi connectivity index (χ0n) is 19.2. The predicted molar refractivity (Wildman–Crippen MR) is 150 cm³/mol. The molecule has 1 aliphatic heterocycles. The number of hydrogen-bond acceptors (Lipinski definition) is 6. The molecule has 36 heavy (non-hydrogen) atoms. The van der Waals surface area contributed by atoms with Crippen LogP contribution in [-0.2, 0) is 9.59 Å². The lowest BCUT2D eigenvalue weighted by Crippen LogP contribution is -2.27. The average molecular weight is 559 g/mol. The summed E-state index contributed by atoms with van der Waals surface area (Å²) in [5.41, 5.74) is 3.01. The predicted octanol–water partition coefficient (Wildman–Crippen LogP) is 6.73. The standard InChI is InChI=1S/C26H20Cl2N2O4S2/c1-15-3-6-20(7-4-15)30-25(32)23(36-26(30)35)10-16-5-8-21(22(9-16)33-2)34-14-24(31)29-19-12-17(27)11-18(28)13-19/h3-13H,14H2,1-2H3,(H,29,31)/b23-10-. The van der Waals surface area contributed by atoms with Gasteiger partial charge in [0.1, 0.15) is 0 Å². The zero-order chi connectivity index (χ0) is 25.8. The molecule has 1 fully saturated rings. The molecule has 3 aromatic rings. The third-order valence-corrected chi connectivity index (χ3v) is 6.81. The molecule has 0 spiro atoms. The van der Waals surface area contributed by atoms with Crippen molar-refractivity contribution < 1.29 is 19.1 Å². The van der Waals surface area contributed by atoms with Crippen LogP contribution in [-0.4, -0.2) is 29.9 Å². The fourth-order valence-corrected chi connectivity index (χ4v) is 5.22. The molecule has 0 aromatic heterocycles. The lowest BCUT2D eigenvalue weighted by Gasteiger charge is -2.14. The molecular weight excluding hydrogens is 539 g/mol. The van der Waals surface area contributed by atoms with Crippen LogP contribution in [0.15, 0.2) is 65.6 Å². The van der Waals surface area contributed by atoms with Crippen LogP contribution in [0.2, 0.25) is 10.0 Å². The summed E-state index contributed by atoms with van der Waals surface area (Å²) in [6, 6.07) is 17.5. The summed E-state index contributed by atoms with van der Waals surface area (Å²) in [4.78, 5) is 27.4. The van der Waals surface area contributed by atoms with Gasteiger partial charge in [0.15, 0.2) is 22.4 Å². The maximum Gasteiger partial charge on any atom is 0.270 e. The van der Waals surface area contributed by atoms with Gasteiger partial charge in [-0.1, -0.05) is 70.9 Å². The highest BCUT2D eigenvalue weighted by atomic mass is 35.5. The number of anilines is 2. The van der Waals surface area contributed by atoms with E-state index in [0.29, 0.717) is 36.5 Å². The van der Waals surface area contributed by atoms with E-state index in [2.05, 4.69) is 5.32 Å². The minimum absolute atomic E-state index is 0.189. The van der Waals surface area contributed by atoms with Crippen molar-refractivity contribution in [3.8, 4) is 11.5 Å². The van der Waals surface area contributed by atoms with Crippen molar-refractivity contribution in [2.45, 2.75) is 6.92 Å². The van der Waals surface area contributed by atoms with Crippen LogP contribution in [0, 0.1) is 6.92 Å². The minimum atomic E-state index is -0.390. The second kappa shape index (κ2) is 11.3. The maximum atomic E-state index is 13.0. The number of nitrogens with one attached hydrogen (secondary N) is 1. The lowest BCUT2D eigenvalue weighted by molar-refractivity contribution is -0.118. The van der Waals surface area contributed by atoms with E-state index < -0.39 is 0 Å². The first-order chi connectivity index (χ1) is 17.2. The quantitative estimate of drug-likeness (QED) is 0.256. The summed E-state index contributed by atoms with van der Waals surface area (Å²) in [7, 11) is 1.50. The van der Waals surface area contributed by atoms with Crippen LogP contribution in [0.5, 0.6) is 11.5 Å². The van der Waals surface area contributed by atoms with E-state index in [1.807, 2.05) is 31.2 Å². The number of thiocarbonyl (C=S) groups is 1. The Morgan fingerprint density at radius 1 is 1.06 bits per heavy atom. The summed E-state index contributed by atoms with van der Waals surface area (Å²) in [6.07, 6.45) is 1.75. The van der Waals surface area contributed by atoms with E-state index in [9.17, 15) is 9.59 Å². The number of carbonyl (C=O) groups excluding carboxylic acids is 2. The first kappa shape index (κ1) is 26.0. The van der Waals surface area contributed by atoms with Crippen LogP contribution < -0.4 is 19.7 Å². The van der Waals surface area contributed by atoms with Crippen molar-refractivity contribution in [3.05, 3.63) is 86.7 Å². The molecule has 3 aromatic carbocycles. The third kappa shape index (κ3) is 6.20. The summed E-state index contributed by atoms with van der Waals surface area (Å²) in [5.74, 6) is 0.211. The summed E-state index contributed by atoms with van der Waals surface area (Å²) in [5, 5.41) is 3.50. The number of amides is 2. The van der Waals surface area contributed by atoms with Crippen LogP contribution in [0.3, 0.4) is 0 Å². The van der Waals surface area contributed by atoms with E-state index in [-0.39, 0.29) is 18.4 Å². The van der Waals surface area contributed by atoms with Crippen LogP contribution in [0.25, 0.3) is 6.08 Å². The molecule has 1 aliphatic rings. The van der Waals surface area contributed by atoms with Gasteiger partial charge in [0.05, 0.1) is 17.7 Å². The van der Waals surface area contributed by atoms with E-state index >= 15 is 0 Å². The number of benzene rings is 3. The van der Waals surface area contributed by atoms with Crippen molar-refractivity contribution in [2.75, 3.05) is 23.9 Å². The largest absolute Gasteiger partial charge is 0.493 e. The molecule has 0 bridgehead atoms. The Morgan fingerprint density at radius 2 is 1.75 bits per heavy atom. The van der Waals surface area contributed by atoms with Crippen molar-refractivity contribution in [3.63, 3.8) is 0 Å². The maximum absolute atomic E-state index is 13.0. The van der Waals surface area contributed by atoms with Gasteiger partial charge in [0, 0.05) is 15.7 Å². The third-order valence-electron chi connectivity index (χ3n) is 5.08. The van der Waals surface area contributed by atoms with Gasteiger partial charge in [-0.25, -0.2) is 0 Å². The monoisotopic (exact) mass is 558 g/mol. The molecule has 1 N–H and O–H groups in total. The van der Waals surface area contributed by atoms with Crippen molar-refractivity contribution in [1.29, 1.82) is 0 Å². The molecular formula is C26H20Cl2N2O4S2. The molecule has 4 rings (SSSR count). The number of halogens is 2. The van der Waals surface area contributed by atoms with E-state index in [4.69, 9.17) is 44.9 Å². The van der Waals surface area contributed by atoms with Crippen molar-refractivity contribution >= 4 is 80.8 Å². The number of methoxy groups -OCH3 is 1. The van der Waals surface area contributed by atoms with Gasteiger partial charge < -0.3 is 14.8 Å². The Bertz CT molecular complexity index is 1360. The molecule has 10 heteroatoms. The first-order valence-corrected chi connectivity index (χ1v) is 12.6. The Balaban J connectivity index is 1.45.